The van der Waals surface area contributed by atoms with Crippen molar-refractivity contribution in [3.8, 4) is 0 Å². The average Bonchev–Trinajstić information content (AvgIpc) is 2.37. The number of hydrogen-bond donors (Lipinski definition) is 1. The van der Waals surface area contributed by atoms with Crippen LogP contribution in [0.3, 0.4) is 0 Å². The normalized spacial score (nSPS) is 11.2. The molecule has 0 aliphatic heterocycles. The number of rotatable bonds is 3. The van der Waals surface area contributed by atoms with Gasteiger partial charge in [0.25, 0.3) is 15.0 Å². The number of benzene rings is 2. The molecule has 0 aromatic heterocycles. The van der Waals surface area contributed by atoms with E-state index in [1.165, 1.54) is 24.3 Å². The minimum absolute atomic E-state index is 0.0193. The van der Waals surface area contributed by atoms with Crippen LogP contribution in [0, 0.1) is 11.6 Å². The Morgan fingerprint density at radius 2 is 1.81 bits per heavy atom. The molecule has 1 N–H and O–H groups in total. The third kappa shape index (κ3) is 3.77. The molecule has 0 aliphatic rings. The third-order valence-corrected chi connectivity index (χ3v) is 3.89. The average molecular weight is 332 g/mol. The second kappa shape index (κ2) is 5.79. The fourth-order valence-corrected chi connectivity index (χ4v) is 2.51. The van der Waals surface area contributed by atoms with Gasteiger partial charge in [-0.2, -0.15) is 0 Å². The zero-order chi connectivity index (χ0) is 15.6. The molecule has 0 saturated heterocycles. The smallest absolute Gasteiger partial charge is 0.264 e. The monoisotopic (exact) mass is 331 g/mol. The molecule has 0 bridgehead atoms. The second-order valence-corrected chi connectivity index (χ2v) is 6.58. The third-order valence-electron chi connectivity index (χ3n) is 2.54. The first-order chi connectivity index (χ1) is 9.77. The lowest BCUT2D eigenvalue weighted by atomic mass is 10.2. The Hall–Kier alpha value is -1.99. The Kier molecular flexibility index (Phi) is 4.24. The van der Waals surface area contributed by atoms with Gasteiger partial charge in [0.2, 0.25) is 0 Å². The number of halogens is 3. The summed E-state index contributed by atoms with van der Waals surface area (Å²) in [7, 11) is 0.837. The number of anilines is 1. The van der Waals surface area contributed by atoms with E-state index in [2.05, 4.69) is 5.32 Å². The molecule has 0 unspecified atom stereocenters. The van der Waals surface area contributed by atoms with Gasteiger partial charge in [-0.1, -0.05) is 6.07 Å². The standard InChI is InChI=1S/C13H8ClF2NO3S/c14-21(19,20)12-5-4-10(7-11(12)16)17-13(18)8-2-1-3-9(15)6-8/h1-7H,(H,17,18). The summed E-state index contributed by atoms with van der Waals surface area (Å²) in [5, 5.41) is 2.32. The summed E-state index contributed by atoms with van der Waals surface area (Å²) in [6.07, 6.45) is 0. The first kappa shape index (κ1) is 15.4. The van der Waals surface area contributed by atoms with Gasteiger partial charge in [-0.3, -0.25) is 4.79 Å². The lowest BCUT2D eigenvalue weighted by Gasteiger charge is -2.07. The molecule has 4 nitrogen and oxygen atoms in total. The highest BCUT2D eigenvalue weighted by Crippen LogP contribution is 2.22. The van der Waals surface area contributed by atoms with Crippen LogP contribution < -0.4 is 5.32 Å². The molecule has 0 fully saturated rings. The summed E-state index contributed by atoms with van der Waals surface area (Å²) in [6, 6.07) is 7.85. The lowest BCUT2D eigenvalue weighted by Crippen LogP contribution is -2.12. The molecule has 0 spiro atoms. The summed E-state index contributed by atoms with van der Waals surface area (Å²) in [5.41, 5.74) is 0.0651. The molecule has 0 heterocycles. The molecule has 8 heteroatoms. The predicted octanol–water partition coefficient (Wildman–Crippen LogP) is 3.14. The van der Waals surface area contributed by atoms with Crippen molar-refractivity contribution in [3.63, 3.8) is 0 Å². The Bertz CT molecular complexity index is 809. The van der Waals surface area contributed by atoms with Crippen molar-refractivity contribution < 1.29 is 22.0 Å². The molecule has 1 amide bonds. The molecule has 0 radical (unpaired) electrons. The van der Waals surface area contributed by atoms with Crippen molar-refractivity contribution in [2.75, 3.05) is 5.32 Å². The van der Waals surface area contributed by atoms with Crippen LogP contribution in [-0.4, -0.2) is 14.3 Å². The number of amides is 1. The molecular formula is C13H8ClF2NO3S. The first-order valence-electron chi connectivity index (χ1n) is 5.58. The quantitative estimate of drug-likeness (QED) is 0.879. The summed E-state index contributed by atoms with van der Waals surface area (Å²) >= 11 is 0. The van der Waals surface area contributed by atoms with Crippen LogP contribution in [0.1, 0.15) is 10.4 Å². The van der Waals surface area contributed by atoms with E-state index >= 15 is 0 Å². The van der Waals surface area contributed by atoms with E-state index < -0.39 is 31.5 Å². The highest BCUT2D eigenvalue weighted by atomic mass is 35.7. The van der Waals surface area contributed by atoms with Gasteiger partial charge in [-0.05, 0) is 36.4 Å². The Morgan fingerprint density at radius 3 is 2.38 bits per heavy atom. The molecule has 2 aromatic carbocycles. The summed E-state index contributed by atoms with van der Waals surface area (Å²) in [5.74, 6) is -2.34. The van der Waals surface area contributed by atoms with Crippen molar-refractivity contribution in [3.05, 3.63) is 59.7 Å². The van der Waals surface area contributed by atoms with Crippen molar-refractivity contribution in [1.82, 2.24) is 0 Å². The van der Waals surface area contributed by atoms with Gasteiger partial charge in [0, 0.05) is 21.9 Å². The van der Waals surface area contributed by atoms with Gasteiger partial charge in [0.05, 0.1) is 0 Å². The van der Waals surface area contributed by atoms with Crippen molar-refractivity contribution in [2.24, 2.45) is 0 Å². The van der Waals surface area contributed by atoms with Crippen LogP contribution in [0.25, 0.3) is 0 Å². The second-order valence-electron chi connectivity index (χ2n) is 4.05. The predicted molar refractivity (Wildman–Crippen MR) is 73.8 cm³/mol. The SMILES string of the molecule is O=C(Nc1ccc(S(=O)(=O)Cl)c(F)c1)c1cccc(F)c1. The van der Waals surface area contributed by atoms with E-state index in [9.17, 15) is 22.0 Å². The Balaban J connectivity index is 2.25. The van der Waals surface area contributed by atoms with Crippen LogP contribution in [0.5, 0.6) is 0 Å². The summed E-state index contributed by atoms with van der Waals surface area (Å²) in [6.45, 7) is 0. The fraction of sp³-hybridized carbons (Fsp3) is 0. The molecule has 21 heavy (non-hydrogen) atoms. The van der Waals surface area contributed by atoms with Gasteiger partial charge in [0.1, 0.15) is 16.5 Å². The van der Waals surface area contributed by atoms with Gasteiger partial charge < -0.3 is 5.32 Å². The van der Waals surface area contributed by atoms with Gasteiger partial charge in [0.15, 0.2) is 0 Å². The van der Waals surface area contributed by atoms with Crippen LogP contribution in [-0.2, 0) is 9.05 Å². The molecule has 2 rings (SSSR count). The zero-order valence-electron chi connectivity index (χ0n) is 10.3. The van der Waals surface area contributed by atoms with Crippen molar-refractivity contribution >= 4 is 31.3 Å². The minimum Gasteiger partial charge on any atom is -0.322 e. The van der Waals surface area contributed by atoms with Gasteiger partial charge in [-0.15, -0.1) is 0 Å². The van der Waals surface area contributed by atoms with E-state index in [0.717, 1.165) is 18.2 Å². The maximum Gasteiger partial charge on any atom is 0.264 e. The largest absolute Gasteiger partial charge is 0.322 e. The molecule has 0 saturated carbocycles. The summed E-state index contributed by atoms with van der Waals surface area (Å²) < 4.78 is 48.7. The minimum atomic E-state index is -4.20. The molecule has 110 valence electrons. The number of carbonyl (C=O) groups is 1. The number of hydrogen-bond acceptors (Lipinski definition) is 3. The number of nitrogens with one attached hydrogen (secondary N) is 1. The first-order valence-corrected chi connectivity index (χ1v) is 7.89. The summed E-state index contributed by atoms with van der Waals surface area (Å²) in [4.78, 5) is 11.1. The van der Waals surface area contributed by atoms with E-state index in [1.54, 1.807) is 0 Å². The van der Waals surface area contributed by atoms with Crippen molar-refractivity contribution in [1.29, 1.82) is 0 Å². The fourth-order valence-electron chi connectivity index (χ4n) is 1.61. The molecule has 2 aromatic rings. The van der Waals surface area contributed by atoms with E-state index in [1.807, 2.05) is 0 Å². The van der Waals surface area contributed by atoms with E-state index in [0.29, 0.717) is 0 Å². The topological polar surface area (TPSA) is 63.2 Å². The highest BCUT2D eigenvalue weighted by Gasteiger charge is 2.17. The maximum atomic E-state index is 13.6. The zero-order valence-corrected chi connectivity index (χ0v) is 11.9. The Labute approximate surface area is 123 Å². The van der Waals surface area contributed by atoms with Crippen molar-refractivity contribution in [2.45, 2.75) is 4.90 Å². The van der Waals surface area contributed by atoms with Crippen LogP contribution in [0.4, 0.5) is 14.5 Å². The highest BCUT2D eigenvalue weighted by molar-refractivity contribution is 8.13. The number of carbonyl (C=O) groups excluding carboxylic acids is 1. The van der Waals surface area contributed by atoms with E-state index in [-0.39, 0.29) is 11.3 Å². The van der Waals surface area contributed by atoms with Crippen LogP contribution >= 0.6 is 10.7 Å². The molecule has 0 atom stereocenters. The molecule has 0 aliphatic carbocycles. The van der Waals surface area contributed by atoms with Gasteiger partial charge in [-0.25, -0.2) is 17.2 Å². The Morgan fingerprint density at radius 1 is 1.10 bits per heavy atom. The molecular weight excluding hydrogens is 324 g/mol. The maximum absolute atomic E-state index is 13.6. The van der Waals surface area contributed by atoms with Crippen LogP contribution in [0.15, 0.2) is 47.4 Å². The van der Waals surface area contributed by atoms with E-state index in [4.69, 9.17) is 10.7 Å². The van der Waals surface area contributed by atoms with Crippen LogP contribution in [0.2, 0.25) is 0 Å². The van der Waals surface area contributed by atoms with Gasteiger partial charge >= 0.3 is 0 Å². The lowest BCUT2D eigenvalue weighted by molar-refractivity contribution is 0.102.